The number of nitrogens with two attached hydrogens (primary N) is 1. The smallest absolute Gasteiger partial charge is 0.335 e. The van der Waals surface area contributed by atoms with Crippen molar-refractivity contribution in [1.29, 1.82) is 0 Å². The van der Waals surface area contributed by atoms with Gasteiger partial charge in [-0.2, -0.15) is 0 Å². The molecule has 1 amide bonds. The predicted molar refractivity (Wildman–Crippen MR) is 73.2 cm³/mol. The van der Waals surface area contributed by atoms with Crippen molar-refractivity contribution in [3.63, 3.8) is 0 Å². The van der Waals surface area contributed by atoms with Crippen molar-refractivity contribution >= 4 is 21.9 Å². The zero-order valence-electron chi connectivity index (χ0n) is 11.2. The van der Waals surface area contributed by atoms with E-state index in [1.165, 1.54) is 12.1 Å². The Morgan fingerprint density at radius 2 is 2.00 bits per heavy atom. The number of primary amides is 1. The number of amides is 1. The Bertz CT molecular complexity index is 656. The minimum absolute atomic E-state index is 0.178. The summed E-state index contributed by atoms with van der Waals surface area (Å²) in [6.07, 6.45) is -1.29. The number of carbonyl (C=O) groups excluding carboxylic acids is 1. The standard InChI is InChI=1S/C12H16N2O6S/c1-2-7-3-4-8(12(17)18)5-10(7)21(19,20)14-6-9(15)11(13)16/h3-5,9,14-15H,2,6H2,1H3,(H2,13,16)(H,17,18). The van der Waals surface area contributed by atoms with Crippen LogP contribution in [0.5, 0.6) is 0 Å². The van der Waals surface area contributed by atoms with E-state index >= 15 is 0 Å². The first-order valence-electron chi connectivity index (χ1n) is 6.02. The van der Waals surface area contributed by atoms with Crippen molar-refractivity contribution in [2.24, 2.45) is 5.73 Å². The molecule has 0 aliphatic rings. The van der Waals surface area contributed by atoms with Gasteiger partial charge < -0.3 is 15.9 Å². The molecule has 0 saturated carbocycles. The van der Waals surface area contributed by atoms with Gasteiger partial charge in [0, 0.05) is 6.54 Å². The third-order valence-corrected chi connectivity index (χ3v) is 4.29. The Hall–Kier alpha value is -1.97. The average molecular weight is 316 g/mol. The van der Waals surface area contributed by atoms with Gasteiger partial charge in [-0.15, -0.1) is 0 Å². The van der Waals surface area contributed by atoms with Gasteiger partial charge in [-0.25, -0.2) is 17.9 Å². The fraction of sp³-hybridized carbons (Fsp3) is 0.333. The topological polar surface area (TPSA) is 147 Å². The number of carboxylic acids is 1. The lowest BCUT2D eigenvalue weighted by Gasteiger charge is -2.13. The number of carbonyl (C=O) groups is 2. The molecule has 8 nitrogen and oxygen atoms in total. The fourth-order valence-electron chi connectivity index (χ4n) is 1.60. The third kappa shape index (κ3) is 4.25. The SMILES string of the molecule is CCc1ccc(C(=O)O)cc1S(=O)(=O)NCC(O)C(N)=O. The number of hydrogen-bond acceptors (Lipinski definition) is 5. The Morgan fingerprint density at radius 1 is 1.38 bits per heavy atom. The van der Waals surface area contributed by atoms with Crippen LogP contribution in [0.2, 0.25) is 0 Å². The lowest BCUT2D eigenvalue weighted by Crippen LogP contribution is -2.40. The lowest BCUT2D eigenvalue weighted by atomic mass is 10.1. The summed E-state index contributed by atoms with van der Waals surface area (Å²) in [7, 11) is -4.07. The summed E-state index contributed by atoms with van der Waals surface area (Å²) in [5.74, 6) is -2.32. The largest absolute Gasteiger partial charge is 0.478 e. The van der Waals surface area contributed by atoms with Crippen molar-refractivity contribution in [3.05, 3.63) is 29.3 Å². The highest BCUT2D eigenvalue weighted by molar-refractivity contribution is 7.89. The number of aliphatic hydroxyl groups excluding tert-OH is 1. The molecule has 0 spiro atoms. The van der Waals surface area contributed by atoms with Crippen LogP contribution in [0.25, 0.3) is 0 Å². The molecule has 0 saturated heterocycles. The molecule has 0 aliphatic heterocycles. The van der Waals surface area contributed by atoms with E-state index in [0.29, 0.717) is 12.0 Å². The molecule has 0 bridgehead atoms. The zero-order valence-corrected chi connectivity index (χ0v) is 12.1. The van der Waals surface area contributed by atoms with Gasteiger partial charge in [0.2, 0.25) is 15.9 Å². The highest BCUT2D eigenvalue weighted by Crippen LogP contribution is 2.18. The molecule has 0 heterocycles. The van der Waals surface area contributed by atoms with Crippen molar-refractivity contribution < 1.29 is 28.2 Å². The van der Waals surface area contributed by atoms with Crippen molar-refractivity contribution in [3.8, 4) is 0 Å². The van der Waals surface area contributed by atoms with Gasteiger partial charge in [-0.1, -0.05) is 13.0 Å². The first kappa shape index (κ1) is 17.1. The molecule has 21 heavy (non-hydrogen) atoms. The van der Waals surface area contributed by atoms with E-state index < -0.39 is 34.5 Å². The van der Waals surface area contributed by atoms with Gasteiger partial charge >= 0.3 is 5.97 Å². The molecule has 1 atom stereocenters. The molecule has 1 aromatic carbocycles. The summed E-state index contributed by atoms with van der Waals surface area (Å²) in [5.41, 5.74) is 5.06. The number of rotatable bonds is 7. The number of aliphatic hydroxyl groups is 1. The molecule has 1 rings (SSSR count). The minimum Gasteiger partial charge on any atom is -0.478 e. The van der Waals surface area contributed by atoms with E-state index in [-0.39, 0.29) is 10.5 Å². The van der Waals surface area contributed by atoms with Crippen LogP contribution in [0.15, 0.2) is 23.1 Å². The Labute approximate surface area is 121 Å². The van der Waals surface area contributed by atoms with Crippen LogP contribution in [0.4, 0.5) is 0 Å². The molecule has 1 unspecified atom stereocenters. The Morgan fingerprint density at radius 3 is 2.48 bits per heavy atom. The van der Waals surface area contributed by atoms with Gasteiger partial charge in [0.1, 0.15) is 6.10 Å². The summed E-state index contributed by atoms with van der Waals surface area (Å²) in [4.78, 5) is 21.4. The Balaban J connectivity index is 3.14. The molecule has 0 radical (unpaired) electrons. The van der Waals surface area contributed by atoms with Crippen LogP contribution in [-0.4, -0.2) is 43.2 Å². The number of sulfonamides is 1. The van der Waals surface area contributed by atoms with Crippen LogP contribution in [0, 0.1) is 0 Å². The van der Waals surface area contributed by atoms with E-state index in [2.05, 4.69) is 0 Å². The van der Waals surface area contributed by atoms with Crippen LogP contribution < -0.4 is 10.5 Å². The predicted octanol–water partition coefficient (Wildman–Crippen LogP) is -0.928. The maximum absolute atomic E-state index is 12.1. The molecule has 0 aliphatic carbocycles. The molecule has 9 heteroatoms. The fourth-order valence-corrected chi connectivity index (χ4v) is 2.97. The average Bonchev–Trinajstić information content (AvgIpc) is 2.43. The van der Waals surface area contributed by atoms with E-state index in [4.69, 9.17) is 10.8 Å². The summed E-state index contributed by atoms with van der Waals surface area (Å²) in [6, 6.07) is 3.74. The Kier molecular flexibility index (Phi) is 5.41. The molecule has 0 fully saturated rings. The van der Waals surface area contributed by atoms with Gasteiger partial charge in [-0.05, 0) is 24.1 Å². The maximum Gasteiger partial charge on any atom is 0.335 e. The zero-order chi connectivity index (χ0) is 16.2. The second-order valence-corrected chi connectivity index (χ2v) is 5.99. The highest BCUT2D eigenvalue weighted by atomic mass is 32.2. The van der Waals surface area contributed by atoms with Gasteiger partial charge in [0.15, 0.2) is 0 Å². The van der Waals surface area contributed by atoms with Crippen LogP contribution in [0.1, 0.15) is 22.8 Å². The summed E-state index contributed by atoms with van der Waals surface area (Å²) < 4.78 is 26.3. The van der Waals surface area contributed by atoms with Gasteiger partial charge in [0.25, 0.3) is 0 Å². The monoisotopic (exact) mass is 316 g/mol. The number of aryl methyl sites for hydroxylation is 1. The van der Waals surface area contributed by atoms with Crippen molar-refractivity contribution in [1.82, 2.24) is 4.72 Å². The third-order valence-electron chi connectivity index (χ3n) is 2.78. The summed E-state index contributed by atoms with van der Waals surface area (Å²) >= 11 is 0. The maximum atomic E-state index is 12.1. The molecular weight excluding hydrogens is 300 g/mol. The molecule has 0 aromatic heterocycles. The van der Waals surface area contributed by atoms with E-state index in [1.807, 2.05) is 4.72 Å². The van der Waals surface area contributed by atoms with E-state index in [0.717, 1.165) is 6.07 Å². The quantitative estimate of drug-likeness (QED) is 0.511. The van der Waals surface area contributed by atoms with Gasteiger partial charge in [-0.3, -0.25) is 4.79 Å². The second-order valence-electron chi connectivity index (χ2n) is 4.25. The number of hydrogen-bond donors (Lipinski definition) is 4. The molecule has 1 aromatic rings. The number of carboxylic acid groups (broad SMARTS) is 1. The number of benzene rings is 1. The number of aromatic carboxylic acids is 1. The van der Waals surface area contributed by atoms with Crippen LogP contribution in [0.3, 0.4) is 0 Å². The first-order chi connectivity index (χ1) is 9.69. The van der Waals surface area contributed by atoms with Crippen LogP contribution >= 0.6 is 0 Å². The van der Waals surface area contributed by atoms with E-state index in [1.54, 1.807) is 6.92 Å². The minimum atomic E-state index is -4.07. The normalized spacial score (nSPS) is 12.9. The number of nitrogens with one attached hydrogen (secondary N) is 1. The highest BCUT2D eigenvalue weighted by Gasteiger charge is 2.22. The molecule has 5 N–H and O–H groups in total. The first-order valence-corrected chi connectivity index (χ1v) is 7.50. The summed E-state index contributed by atoms with van der Waals surface area (Å²) in [6.45, 7) is 1.13. The van der Waals surface area contributed by atoms with Crippen molar-refractivity contribution in [2.75, 3.05) is 6.54 Å². The van der Waals surface area contributed by atoms with E-state index in [9.17, 15) is 23.1 Å². The van der Waals surface area contributed by atoms with Crippen molar-refractivity contribution in [2.45, 2.75) is 24.3 Å². The molecular formula is C12H16N2O6S. The summed E-state index contributed by atoms with van der Waals surface area (Å²) in [5, 5.41) is 18.1. The second kappa shape index (κ2) is 6.66. The molecule has 116 valence electrons. The van der Waals surface area contributed by atoms with Crippen LogP contribution in [-0.2, 0) is 21.2 Å². The lowest BCUT2D eigenvalue weighted by molar-refractivity contribution is -0.125. The van der Waals surface area contributed by atoms with Gasteiger partial charge in [0.05, 0.1) is 10.5 Å².